The highest BCUT2D eigenvalue weighted by molar-refractivity contribution is 7.80. The van der Waals surface area contributed by atoms with Gasteiger partial charge in [0, 0.05) is 19.4 Å². The zero-order valence-corrected chi connectivity index (χ0v) is 17.1. The molecule has 1 amide bonds. The third kappa shape index (κ3) is 4.53. The monoisotopic (exact) mass is 390 g/mol. The lowest BCUT2D eigenvalue weighted by molar-refractivity contribution is -0.142. The number of likely N-dealkylation sites (tertiary alicyclic amines) is 1. The van der Waals surface area contributed by atoms with Gasteiger partial charge in [0.05, 0.1) is 24.1 Å². The molecular weight excluding hydrogens is 364 g/mol. The molecule has 0 aromatic heterocycles. The number of Topliss-reactive ketones (excluding diaryl/α,β-unsaturated/α-hetero) is 1. The van der Waals surface area contributed by atoms with E-state index < -0.39 is 12.1 Å². The molecule has 4 atom stereocenters. The van der Waals surface area contributed by atoms with E-state index in [1.807, 2.05) is 31.2 Å². The molecule has 1 heterocycles. The standard InChI is InChI=1S/C20H26N2O4S/c1-11-18(19(24)12(2)22(11)14(4)23)16-8-6-15(7-9-16)10-17(20(25)26-5)21-13(3)27/h6-9,11-12,17-18H,10H2,1-5H3,(H,21,27). The van der Waals surface area contributed by atoms with Crippen molar-refractivity contribution in [1.29, 1.82) is 0 Å². The molecule has 1 aromatic carbocycles. The number of rotatable bonds is 5. The van der Waals surface area contributed by atoms with E-state index >= 15 is 0 Å². The predicted molar refractivity (Wildman–Crippen MR) is 107 cm³/mol. The lowest BCUT2D eigenvalue weighted by Crippen LogP contribution is -2.41. The number of methoxy groups -OCH3 is 1. The van der Waals surface area contributed by atoms with Crippen molar-refractivity contribution in [3.05, 3.63) is 35.4 Å². The van der Waals surface area contributed by atoms with Crippen molar-refractivity contribution < 1.29 is 19.1 Å². The number of nitrogens with one attached hydrogen (secondary N) is 1. The average Bonchev–Trinajstić information content (AvgIpc) is 2.83. The van der Waals surface area contributed by atoms with Crippen LogP contribution in [0.3, 0.4) is 0 Å². The first-order valence-corrected chi connectivity index (χ1v) is 9.34. The Morgan fingerprint density at radius 2 is 1.81 bits per heavy atom. The molecule has 0 aliphatic carbocycles. The molecule has 1 aliphatic heterocycles. The summed E-state index contributed by atoms with van der Waals surface area (Å²) in [4.78, 5) is 38.6. The molecule has 0 saturated carbocycles. The number of hydrogen-bond donors (Lipinski definition) is 1. The van der Waals surface area contributed by atoms with E-state index in [1.165, 1.54) is 14.0 Å². The Morgan fingerprint density at radius 1 is 1.22 bits per heavy atom. The van der Waals surface area contributed by atoms with Gasteiger partial charge in [-0.2, -0.15) is 0 Å². The van der Waals surface area contributed by atoms with Crippen LogP contribution in [0.4, 0.5) is 0 Å². The molecule has 1 aromatic rings. The zero-order chi connectivity index (χ0) is 20.3. The minimum absolute atomic E-state index is 0.0517. The summed E-state index contributed by atoms with van der Waals surface area (Å²) in [5.41, 5.74) is 1.80. The largest absolute Gasteiger partial charge is 0.467 e. The Morgan fingerprint density at radius 3 is 2.26 bits per heavy atom. The van der Waals surface area contributed by atoms with E-state index in [2.05, 4.69) is 5.32 Å². The molecule has 1 N–H and O–H groups in total. The van der Waals surface area contributed by atoms with Crippen molar-refractivity contribution in [2.75, 3.05) is 7.11 Å². The van der Waals surface area contributed by atoms with E-state index in [1.54, 1.807) is 18.7 Å². The van der Waals surface area contributed by atoms with Crippen molar-refractivity contribution >= 4 is 34.9 Å². The third-order valence-corrected chi connectivity index (χ3v) is 5.18. The van der Waals surface area contributed by atoms with Gasteiger partial charge in [0.2, 0.25) is 5.91 Å². The van der Waals surface area contributed by atoms with Crippen LogP contribution in [0.1, 0.15) is 44.7 Å². The van der Waals surface area contributed by atoms with E-state index in [9.17, 15) is 14.4 Å². The number of nitrogens with zero attached hydrogens (tertiary/aromatic N) is 1. The zero-order valence-electron chi connectivity index (χ0n) is 16.3. The third-order valence-electron chi connectivity index (χ3n) is 5.06. The molecule has 1 saturated heterocycles. The second-order valence-corrected chi connectivity index (χ2v) is 7.56. The van der Waals surface area contributed by atoms with Gasteiger partial charge < -0.3 is 15.0 Å². The van der Waals surface area contributed by atoms with Gasteiger partial charge in [-0.15, -0.1) is 0 Å². The van der Waals surface area contributed by atoms with Gasteiger partial charge in [0.15, 0.2) is 5.78 Å². The molecule has 0 spiro atoms. The smallest absolute Gasteiger partial charge is 0.328 e. The maximum atomic E-state index is 12.7. The van der Waals surface area contributed by atoms with Gasteiger partial charge in [-0.3, -0.25) is 9.59 Å². The average molecular weight is 391 g/mol. The second-order valence-electron chi connectivity index (χ2n) is 6.94. The normalized spacial score (nSPS) is 23.1. The van der Waals surface area contributed by atoms with E-state index in [0.717, 1.165) is 11.1 Å². The Hall–Kier alpha value is -2.28. The highest BCUT2D eigenvalue weighted by Crippen LogP contribution is 2.34. The van der Waals surface area contributed by atoms with Crippen molar-refractivity contribution in [1.82, 2.24) is 10.2 Å². The molecule has 27 heavy (non-hydrogen) atoms. The number of ketones is 1. The van der Waals surface area contributed by atoms with Crippen LogP contribution in [0, 0.1) is 0 Å². The summed E-state index contributed by atoms with van der Waals surface area (Å²) in [6.45, 7) is 6.88. The van der Waals surface area contributed by atoms with E-state index in [0.29, 0.717) is 11.4 Å². The number of esters is 1. The summed E-state index contributed by atoms with van der Waals surface area (Å²) in [5, 5.41) is 2.95. The molecule has 4 unspecified atom stereocenters. The van der Waals surface area contributed by atoms with Crippen LogP contribution in [0.5, 0.6) is 0 Å². The molecule has 6 nitrogen and oxygen atoms in total. The second kappa shape index (κ2) is 8.61. The Balaban J connectivity index is 2.19. The molecule has 1 aliphatic rings. The van der Waals surface area contributed by atoms with Crippen molar-refractivity contribution in [3.63, 3.8) is 0 Å². The molecule has 146 valence electrons. The quantitative estimate of drug-likeness (QED) is 0.612. The van der Waals surface area contributed by atoms with Crippen molar-refractivity contribution in [2.24, 2.45) is 0 Å². The Kier molecular flexibility index (Phi) is 6.70. The number of carbonyl (C=O) groups is 3. The highest BCUT2D eigenvalue weighted by Gasteiger charge is 2.45. The lowest BCUT2D eigenvalue weighted by Gasteiger charge is -2.25. The number of carbonyl (C=O) groups excluding carboxylic acids is 3. The van der Waals surface area contributed by atoms with Crippen LogP contribution >= 0.6 is 12.2 Å². The summed E-state index contributed by atoms with van der Waals surface area (Å²) in [7, 11) is 1.34. The highest BCUT2D eigenvalue weighted by atomic mass is 32.1. The summed E-state index contributed by atoms with van der Waals surface area (Å²) >= 11 is 5.03. The number of ether oxygens (including phenoxy) is 1. The number of benzene rings is 1. The SMILES string of the molecule is COC(=O)C(Cc1ccc(C2C(=O)C(C)N(C(C)=O)C2C)cc1)NC(C)=S. The fourth-order valence-electron chi connectivity index (χ4n) is 3.83. The minimum atomic E-state index is -0.557. The van der Waals surface area contributed by atoms with Crippen molar-refractivity contribution in [3.8, 4) is 0 Å². The number of amides is 1. The van der Waals surface area contributed by atoms with Crippen LogP contribution < -0.4 is 5.32 Å². The topological polar surface area (TPSA) is 75.7 Å². The van der Waals surface area contributed by atoms with Gasteiger partial charge in [-0.05, 0) is 31.9 Å². The van der Waals surface area contributed by atoms with Gasteiger partial charge >= 0.3 is 5.97 Å². The van der Waals surface area contributed by atoms with Gasteiger partial charge in [0.25, 0.3) is 0 Å². The van der Waals surface area contributed by atoms with Crippen LogP contribution in [-0.4, -0.2) is 52.8 Å². The van der Waals surface area contributed by atoms with Gasteiger partial charge in [-0.1, -0.05) is 36.5 Å². The van der Waals surface area contributed by atoms with Crippen molar-refractivity contribution in [2.45, 2.75) is 58.2 Å². The molecule has 7 heteroatoms. The lowest BCUT2D eigenvalue weighted by atomic mass is 9.89. The summed E-state index contributed by atoms with van der Waals surface area (Å²) < 4.78 is 4.82. The van der Waals surface area contributed by atoms with Crippen LogP contribution in [0.2, 0.25) is 0 Å². The summed E-state index contributed by atoms with van der Waals surface area (Å²) in [6.07, 6.45) is 0.422. The number of thiocarbonyl (C=S) groups is 1. The Labute approximate surface area is 165 Å². The first-order valence-electron chi connectivity index (χ1n) is 8.93. The molecule has 0 radical (unpaired) electrons. The van der Waals surface area contributed by atoms with Crippen LogP contribution in [0.15, 0.2) is 24.3 Å². The van der Waals surface area contributed by atoms with E-state index in [4.69, 9.17) is 17.0 Å². The molecule has 1 fully saturated rings. The van der Waals surface area contributed by atoms with Crippen LogP contribution in [0.25, 0.3) is 0 Å². The van der Waals surface area contributed by atoms with Gasteiger partial charge in [-0.25, -0.2) is 4.79 Å². The summed E-state index contributed by atoms with van der Waals surface area (Å²) in [6, 6.07) is 6.42. The first-order chi connectivity index (χ1) is 12.7. The Bertz CT molecular complexity index is 747. The fraction of sp³-hybridized carbons (Fsp3) is 0.500. The van der Waals surface area contributed by atoms with Crippen LogP contribution in [-0.2, 0) is 25.5 Å². The predicted octanol–water partition coefficient (Wildman–Crippen LogP) is 2.00. The molecule has 2 rings (SSSR count). The minimum Gasteiger partial charge on any atom is -0.467 e. The fourth-order valence-corrected chi connectivity index (χ4v) is 3.97. The maximum Gasteiger partial charge on any atom is 0.328 e. The summed E-state index contributed by atoms with van der Waals surface area (Å²) in [5.74, 6) is -0.759. The van der Waals surface area contributed by atoms with Gasteiger partial charge in [0.1, 0.15) is 6.04 Å². The first kappa shape index (κ1) is 21.0. The molecular formula is C20H26N2O4S. The van der Waals surface area contributed by atoms with E-state index in [-0.39, 0.29) is 29.6 Å². The maximum absolute atomic E-state index is 12.7. The number of hydrogen-bond acceptors (Lipinski definition) is 5. The molecule has 0 bridgehead atoms.